The fourth-order valence-corrected chi connectivity index (χ4v) is 4.63. The lowest BCUT2D eigenvalue weighted by molar-refractivity contribution is 0.178. The minimum atomic E-state index is -0.184. The van der Waals surface area contributed by atoms with E-state index in [1.54, 1.807) is 4.57 Å². The summed E-state index contributed by atoms with van der Waals surface area (Å²) < 4.78 is 1.76. The monoisotopic (exact) mass is 409 g/mol. The first kappa shape index (κ1) is 19.0. The molecule has 0 spiro atoms. The Bertz CT molecular complexity index is 918. The molecule has 27 heavy (non-hydrogen) atoms. The van der Waals surface area contributed by atoms with Gasteiger partial charge in [-0.2, -0.15) is 0 Å². The van der Waals surface area contributed by atoms with E-state index in [0.29, 0.717) is 30.9 Å². The number of nitrogens with zero attached hydrogens (tertiary/aromatic N) is 3. The zero-order chi connectivity index (χ0) is 19.1. The van der Waals surface area contributed by atoms with Gasteiger partial charge in [0.2, 0.25) is 0 Å². The van der Waals surface area contributed by atoms with Crippen LogP contribution in [0.1, 0.15) is 50.8 Å². The zero-order valence-corrected chi connectivity index (χ0v) is 17.1. The number of hydrogen-bond acceptors (Lipinski definition) is 4. The second-order valence-corrected chi connectivity index (χ2v) is 8.82. The highest BCUT2D eigenvalue weighted by Crippen LogP contribution is 2.36. The van der Waals surface area contributed by atoms with Gasteiger partial charge in [0.15, 0.2) is 5.75 Å². The molecule has 2 aromatic rings. The van der Waals surface area contributed by atoms with E-state index in [0.717, 1.165) is 12.8 Å². The molecule has 0 radical (unpaired) electrons. The van der Waals surface area contributed by atoms with Gasteiger partial charge in [-0.1, -0.05) is 42.5 Å². The van der Waals surface area contributed by atoms with Gasteiger partial charge in [0.1, 0.15) is 11.3 Å². The second kappa shape index (κ2) is 7.61. The Morgan fingerprint density at radius 2 is 1.89 bits per heavy atom. The average molecular weight is 410 g/mol. The van der Waals surface area contributed by atoms with Crippen LogP contribution in [0.15, 0.2) is 10.9 Å². The third-order valence-electron chi connectivity index (χ3n) is 5.92. The summed E-state index contributed by atoms with van der Waals surface area (Å²) in [6.07, 6.45) is 8.45. The Labute approximate surface area is 168 Å². The summed E-state index contributed by atoms with van der Waals surface area (Å²) in [4.78, 5) is 20.2. The molecule has 1 heterocycles. The molecule has 0 atom stereocenters. The number of fused-ring (bicyclic) bond motifs is 1. The Morgan fingerprint density at radius 1 is 1.19 bits per heavy atom. The number of halogens is 2. The third-order valence-corrected chi connectivity index (χ3v) is 6.50. The van der Waals surface area contributed by atoms with Crippen LogP contribution in [0, 0.1) is 5.92 Å². The van der Waals surface area contributed by atoms with Crippen LogP contribution in [-0.2, 0) is 13.1 Å². The molecule has 5 nitrogen and oxygen atoms in total. The van der Waals surface area contributed by atoms with Gasteiger partial charge in [0, 0.05) is 12.6 Å². The van der Waals surface area contributed by atoms with Crippen molar-refractivity contribution in [1.29, 1.82) is 0 Å². The molecule has 2 fully saturated rings. The molecule has 2 saturated carbocycles. The predicted octanol–water partition coefficient (Wildman–Crippen LogP) is 4.58. The highest BCUT2D eigenvalue weighted by molar-refractivity contribution is 6.39. The van der Waals surface area contributed by atoms with Gasteiger partial charge in [-0.25, -0.2) is 4.98 Å². The van der Waals surface area contributed by atoms with Crippen LogP contribution in [0.5, 0.6) is 5.75 Å². The van der Waals surface area contributed by atoms with Crippen molar-refractivity contribution in [1.82, 2.24) is 14.5 Å². The molecule has 2 aliphatic rings. The van der Waals surface area contributed by atoms with Gasteiger partial charge in [0.05, 0.1) is 22.0 Å². The molecule has 0 saturated heterocycles. The van der Waals surface area contributed by atoms with E-state index < -0.39 is 0 Å². The summed E-state index contributed by atoms with van der Waals surface area (Å²) in [6.45, 7) is 1.24. The summed E-state index contributed by atoms with van der Waals surface area (Å²) in [5.41, 5.74) is 0.0208. The van der Waals surface area contributed by atoms with E-state index in [4.69, 9.17) is 23.2 Å². The maximum Gasteiger partial charge on any atom is 0.263 e. The van der Waals surface area contributed by atoms with Crippen LogP contribution < -0.4 is 5.56 Å². The van der Waals surface area contributed by atoms with Crippen molar-refractivity contribution in [2.24, 2.45) is 5.92 Å². The van der Waals surface area contributed by atoms with Gasteiger partial charge < -0.3 is 5.11 Å². The molecular formula is C20H25Cl2N3O2. The van der Waals surface area contributed by atoms with Gasteiger partial charge in [-0.3, -0.25) is 14.3 Å². The fourth-order valence-electron chi connectivity index (χ4n) is 4.09. The van der Waals surface area contributed by atoms with E-state index in [1.165, 1.54) is 38.2 Å². The zero-order valence-electron chi connectivity index (χ0n) is 15.5. The quantitative estimate of drug-likeness (QED) is 0.784. The second-order valence-electron chi connectivity index (χ2n) is 8.01. The summed E-state index contributed by atoms with van der Waals surface area (Å²) >= 11 is 12.3. The van der Waals surface area contributed by atoms with E-state index in [1.807, 2.05) is 0 Å². The van der Waals surface area contributed by atoms with Crippen LogP contribution in [0.2, 0.25) is 10.0 Å². The van der Waals surface area contributed by atoms with Crippen LogP contribution in [-0.4, -0.2) is 32.6 Å². The first-order valence-electron chi connectivity index (χ1n) is 9.76. The number of benzene rings is 1. The summed E-state index contributed by atoms with van der Waals surface area (Å²) in [5, 5.41) is 11.0. The third kappa shape index (κ3) is 3.82. The number of hydrogen-bond donors (Lipinski definition) is 1. The highest BCUT2D eigenvalue weighted by Gasteiger charge is 2.27. The minimum Gasteiger partial charge on any atom is -0.504 e. The van der Waals surface area contributed by atoms with Crippen molar-refractivity contribution in [2.45, 2.75) is 64.1 Å². The molecule has 0 aliphatic heterocycles. The van der Waals surface area contributed by atoms with Crippen molar-refractivity contribution in [3.8, 4) is 5.75 Å². The summed E-state index contributed by atoms with van der Waals surface area (Å²) in [7, 11) is 2.10. The van der Waals surface area contributed by atoms with Crippen molar-refractivity contribution in [2.75, 3.05) is 7.05 Å². The van der Waals surface area contributed by atoms with Gasteiger partial charge >= 0.3 is 0 Å². The Balaban J connectivity index is 1.79. The first-order chi connectivity index (χ1) is 13.0. The van der Waals surface area contributed by atoms with Crippen molar-refractivity contribution in [3.63, 3.8) is 0 Å². The molecule has 1 aromatic carbocycles. The Morgan fingerprint density at radius 3 is 2.56 bits per heavy atom. The lowest BCUT2D eigenvalue weighted by atomic mass is 9.94. The largest absolute Gasteiger partial charge is 0.504 e. The number of phenols is 1. The van der Waals surface area contributed by atoms with E-state index >= 15 is 0 Å². The van der Waals surface area contributed by atoms with Crippen LogP contribution >= 0.6 is 23.2 Å². The molecule has 1 N–H and O–H groups in total. The maximum absolute atomic E-state index is 13.2. The molecule has 4 rings (SSSR count). The lowest BCUT2D eigenvalue weighted by Gasteiger charge is -2.31. The van der Waals surface area contributed by atoms with Crippen LogP contribution in [0.25, 0.3) is 10.9 Å². The normalized spacial score (nSPS) is 18.5. The summed E-state index contributed by atoms with van der Waals surface area (Å²) in [5.74, 6) is 1.04. The lowest BCUT2D eigenvalue weighted by Crippen LogP contribution is -2.36. The van der Waals surface area contributed by atoms with E-state index in [9.17, 15) is 9.90 Å². The SMILES string of the molecule is CN(Cc1nc2c(O)c(Cl)cc(Cl)c2c(=O)n1CC1CC1)C1CCCCC1. The molecule has 0 bridgehead atoms. The van der Waals surface area contributed by atoms with Crippen molar-refractivity contribution < 1.29 is 5.11 Å². The van der Waals surface area contributed by atoms with Crippen molar-refractivity contribution in [3.05, 3.63) is 32.3 Å². The molecule has 2 aliphatic carbocycles. The van der Waals surface area contributed by atoms with Gasteiger partial charge in [-0.15, -0.1) is 0 Å². The molecule has 0 unspecified atom stereocenters. The fraction of sp³-hybridized carbons (Fsp3) is 0.600. The van der Waals surface area contributed by atoms with Crippen LogP contribution in [0.3, 0.4) is 0 Å². The minimum absolute atomic E-state index is 0.117. The number of aromatic hydroxyl groups is 1. The first-order valence-corrected chi connectivity index (χ1v) is 10.5. The molecule has 7 heteroatoms. The molecular weight excluding hydrogens is 385 g/mol. The van der Waals surface area contributed by atoms with Gasteiger partial charge in [0.25, 0.3) is 5.56 Å². The Kier molecular flexibility index (Phi) is 5.36. The molecule has 146 valence electrons. The number of rotatable bonds is 5. The van der Waals surface area contributed by atoms with Gasteiger partial charge in [-0.05, 0) is 44.7 Å². The van der Waals surface area contributed by atoms with E-state index in [2.05, 4.69) is 16.9 Å². The van der Waals surface area contributed by atoms with E-state index in [-0.39, 0.29) is 32.3 Å². The standard InChI is InChI=1S/C20H25Cl2N3O2/c1-24(13-5-3-2-4-6-13)11-16-23-18-17(14(21)9-15(22)19(18)26)20(27)25(16)10-12-7-8-12/h9,12-13,26H,2-8,10-11H2,1H3. The smallest absolute Gasteiger partial charge is 0.263 e. The van der Waals surface area contributed by atoms with Crippen molar-refractivity contribution >= 4 is 34.1 Å². The number of aromatic nitrogens is 2. The summed E-state index contributed by atoms with van der Waals surface area (Å²) in [6, 6.07) is 1.93. The highest BCUT2D eigenvalue weighted by atomic mass is 35.5. The average Bonchev–Trinajstić information content (AvgIpc) is 3.47. The topological polar surface area (TPSA) is 58.4 Å². The number of phenolic OH excluding ortho intramolecular Hbond substituents is 1. The predicted molar refractivity (Wildman–Crippen MR) is 109 cm³/mol. The van der Waals surface area contributed by atoms with Crippen LogP contribution in [0.4, 0.5) is 0 Å². The maximum atomic E-state index is 13.2. The molecule has 0 amide bonds. The Hall–Kier alpha value is -1.30. The molecule has 1 aromatic heterocycles.